The van der Waals surface area contributed by atoms with E-state index in [0.717, 1.165) is 61.4 Å². The lowest BCUT2D eigenvalue weighted by Crippen LogP contribution is -2.42. The number of fused-ring (bicyclic) bond motifs is 2. The van der Waals surface area contributed by atoms with Crippen LogP contribution in [-0.4, -0.2) is 52.9 Å². The van der Waals surface area contributed by atoms with Crippen molar-refractivity contribution in [3.63, 3.8) is 0 Å². The van der Waals surface area contributed by atoms with Gasteiger partial charge in [-0.05, 0) is 45.2 Å². The molecule has 0 saturated heterocycles. The van der Waals surface area contributed by atoms with Crippen LogP contribution >= 0.6 is 0 Å². The average Bonchev–Trinajstić information content (AvgIpc) is 3.13. The molecule has 0 fully saturated rings. The molecule has 0 radical (unpaired) electrons. The molecule has 4 rings (SSSR count). The highest BCUT2D eigenvalue weighted by Gasteiger charge is 2.25. The third-order valence-electron chi connectivity index (χ3n) is 5.25. The number of carbonyl (C=O) groups is 1. The number of nitrogens with one attached hydrogen (secondary N) is 2. The standard InChI is InChI=1S/C21H29N7O2/c1-3-22-21(25-16-8-6-13-28-20(16)24-15(2)26-28)23-11-7-12-27-17-9-4-5-10-18(17)30-14-19(27)29/h4-5,9-10,16H,3,6-8,11-14H2,1-2H3,(H2,22,23,25). The highest BCUT2D eigenvalue weighted by molar-refractivity contribution is 5.97. The minimum Gasteiger partial charge on any atom is -0.482 e. The highest BCUT2D eigenvalue weighted by atomic mass is 16.5. The number of amides is 1. The van der Waals surface area contributed by atoms with Crippen molar-refractivity contribution in [2.24, 2.45) is 4.99 Å². The quantitative estimate of drug-likeness (QED) is 0.427. The third-order valence-corrected chi connectivity index (χ3v) is 5.25. The van der Waals surface area contributed by atoms with Gasteiger partial charge in [-0.15, -0.1) is 0 Å². The molecule has 2 aromatic rings. The molecular weight excluding hydrogens is 382 g/mol. The van der Waals surface area contributed by atoms with E-state index >= 15 is 0 Å². The van der Waals surface area contributed by atoms with Gasteiger partial charge >= 0.3 is 0 Å². The van der Waals surface area contributed by atoms with E-state index in [-0.39, 0.29) is 18.6 Å². The molecule has 1 aromatic heterocycles. The summed E-state index contributed by atoms with van der Waals surface area (Å²) in [5, 5.41) is 11.3. The number of ether oxygens (including phenoxy) is 1. The molecule has 1 atom stereocenters. The lowest BCUT2D eigenvalue weighted by atomic mass is 10.1. The van der Waals surface area contributed by atoms with Crippen molar-refractivity contribution in [1.29, 1.82) is 0 Å². The second-order valence-electron chi connectivity index (χ2n) is 7.50. The van der Waals surface area contributed by atoms with Crippen LogP contribution in [0.15, 0.2) is 29.3 Å². The van der Waals surface area contributed by atoms with E-state index in [2.05, 4.69) is 20.7 Å². The molecule has 2 aliphatic rings. The average molecular weight is 412 g/mol. The van der Waals surface area contributed by atoms with Crippen LogP contribution < -0.4 is 20.3 Å². The highest BCUT2D eigenvalue weighted by Crippen LogP contribution is 2.31. The maximum Gasteiger partial charge on any atom is 0.265 e. The monoisotopic (exact) mass is 411 g/mol. The van der Waals surface area contributed by atoms with Crippen LogP contribution in [0, 0.1) is 6.92 Å². The molecule has 9 heteroatoms. The Kier molecular flexibility index (Phi) is 6.15. The van der Waals surface area contributed by atoms with Gasteiger partial charge in [-0.2, -0.15) is 5.10 Å². The van der Waals surface area contributed by atoms with Gasteiger partial charge in [0.1, 0.15) is 17.4 Å². The summed E-state index contributed by atoms with van der Waals surface area (Å²) in [5.41, 5.74) is 0.833. The van der Waals surface area contributed by atoms with Gasteiger partial charge in [0.25, 0.3) is 5.91 Å². The lowest BCUT2D eigenvalue weighted by Gasteiger charge is -2.29. The molecule has 3 heterocycles. The summed E-state index contributed by atoms with van der Waals surface area (Å²) in [7, 11) is 0. The van der Waals surface area contributed by atoms with Gasteiger partial charge in [-0.3, -0.25) is 9.79 Å². The molecule has 0 aliphatic carbocycles. The number of guanidine groups is 1. The number of hydrogen-bond donors (Lipinski definition) is 2. The zero-order valence-electron chi connectivity index (χ0n) is 17.6. The SMILES string of the molecule is CCNC(=NCCCN1C(=O)COc2ccccc21)NC1CCCn2nc(C)nc21. The Morgan fingerprint density at radius 3 is 3.10 bits per heavy atom. The Balaban J connectivity index is 1.37. The first-order chi connectivity index (χ1) is 14.7. The van der Waals surface area contributed by atoms with Gasteiger partial charge in [0, 0.05) is 26.2 Å². The number of para-hydroxylation sites is 2. The molecule has 1 amide bonds. The zero-order valence-corrected chi connectivity index (χ0v) is 17.6. The predicted molar refractivity (Wildman–Crippen MR) is 115 cm³/mol. The van der Waals surface area contributed by atoms with Gasteiger partial charge in [0.05, 0.1) is 11.7 Å². The fraction of sp³-hybridized carbons (Fsp3) is 0.524. The number of aliphatic imine (C=N–C) groups is 1. The first-order valence-corrected chi connectivity index (χ1v) is 10.6. The molecule has 9 nitrogen and oxygen atoms in total. The number of aryl methyl sites for hydroxylation is 2. The van der Waals surface area contributed by atoms with Crippen molar-refractivity contribution >= 4 is 17.6 Å². The molecule has 0 bridgehead atoms. The van der Waals surface area contributed by atoms with Gasteiger partial charge in [-0.1, -0.05) is 12.1 Å². The molecule has 160 valence electrons. The van der Waals surface area contributed by atoms with Crippen LogP contribution in [0.25, 0.3) is 0 Å². The fourth-order valence-electron chi connectivity index (χ4n) is 3.91. The van der Waals surface area contributed by atoms with Crippen molar-refractivity contribution in [3.8, 4) is 5.75 Å². The van der Waals surface area contributed by atoms with E-state index in [9.17, 15) is 4.79 Å². The van der Waals surface area contributed by atoms with Crippen molar-refractivity contribution in [3.05, 3.63) is 35.9 Å². The van der Waals surface area contributed by atoms with E-state index in [1.807, 2.05) is 42.8 Å². The Bertz CT molecular complexity index is 924. The maximum absolute atomic E-state index is 12.3. The van der Waals surface area contributed by atoms with Crippen LogP contribution in [-0.2, 0) is 11.3 Å². The van der Waals surface area contributed by atoms with E-state index in [0.29, 0.717) is 13.1 Å². The Morgan fingerprint density at radius 1 is 1.37 bits per heavy atom. The summed E-state index contributed by atoms with van der Waals surface area (Å²) < 4.78 is 7.49. The van der Waals surface area contributed by atoms with Crippen molar-refractivity contribution in [2.45, 2.75) is 45.7 Å². The minimum atomic E-state index is -0.0142. The summed E-state index contributed by atoms with van der Waals surface area (Å²) in [6.45, 7) is 6.98. The van der Waals surface area contributed by atoms with Crippen molar-refractivity contribution < 1.29 is 9.53 Å². The second-order valence-corrected chi connectivity index (χ2v) is 7.50. The van der Waals surface area contributed by atoms with Gasteiger partial charge < -0.3 is 20.3 Å². The third kappa shape index (κ3) is 4.39. The molecule has 1 unspecified atom stereocenters. The molecule has 0 saturated carbocycles. The van der Waals surface area contributed by atoms with E-state index < -0.39 is 0 Å². The van der Waals surface area contributed by atoms with Crippen LogP contribution in [0.3, 0.4) is 0 Å². The Morgan fingerprint density at radius 2 is 2.23 bits per heavy atom. The number of aromatic nitrogens is 3. The van der Waals surface area contributed by atoms with Crippen LogP contribution in [0.4, 0.5) is 5.69 Å². The van der Waals surface area contributed by atoms with Gasteiger partial charge in [0.2, 0.25) is 0 Å². The van der Waals surface area contributed by atoms with Crippen LogP contribution in [0.2, 0.25) is 0 Å². The molecule has 2 N–H and O–H groups in total. The Hall–Kier alpha value is -3.10. The minimum absolute atomic E-state index is 0.0142. The van der Waals surface area contributed by atoms with E-state index in [4.69, 9.17) is 9.73 Å². The second kappa shape index (κ2) is 9.15. The smallest absolute Gasteiger partial charge is 0.265 e. The fourth-order valence-corrected chi connectivity index (χ4v) is 3.91. The molecule has 2 aliphatic heterocycles. The Labute approximate surface area is 176 Å². The normalized spacial score (nSPS) is 18.5. The first-order valence-electron chi connectivity index (χ1n) is 10.6. The topological polar surface area (TPSA) is 96.7 Å². The number of nitrogens with zero attached hydrogens (tertiary/aromatic N) is 5. The lowest BCUT2D eigenvalue weighted by molar-refractivity contribution is -0.121. The van der Waals surface area contributed by atoms with Gasteiger partial charge in [0.15, 0.2) is 12.6 Å². The van der Waals surface area contributed by atoms with E-state index in [1.54, 1.807) is 4.90 Å². The first kappa shape index (κ1) is 20.2. The molecule has 0 spiro atoms. The number of carbonyl (C=O) groups excluding carboxylic acids is 1. The molecular formula is C21H29N7O2. The summed E-state index contributed by atoms with van der Waals surface area (Å²) in [6, 6.07) is 7.75. The largest absolute Gasteiger partial charge is 0.482 e. The van der Waals surface area contributed by atoms with E-state index in [1.165, 1.54) is 0 Å². The van der Waals surface area contributed by atoms with Gasteiger partial charge in [-0.25, -0.2) is 9.67 Å². The number of hydrogen-bond acceptors (Lipinski definition) is 5. The van der Waals surface area contributed by atoms with Crippen LogP contribution in [0.1, 0.15) is 43.9 Å². The maximum atomic E-state index is 12.3. The zero-order chi connectivity index (χ0) is 20.9. The predicted octanol–water partition coefficient (Wildman–Crippen LogP) is 1.79. The summed E-state index contributed by atoms with van der Waals surface area (Å²) in [4.78, 5) is 23.4. The van der Waals surface area contributed by atoms with Crippen molar-refractivity contribution in [2.75, 3.05) is 31.1 Å². The number of rotatable bonds is 6. The van der Waals surface area contributed by atoms with Crippen molar-refractivity contribution in [1.82, 2.24) is 25.4 Å². The molecule has 1 aromatic carbocycles. The number of benzene rings is 1. The number of anilines is 1. The van der Waals surface area contributed by atoms with Crippen LogP contribution in [0.5, 0.6) is 5.75 Å². The summed E-state index contributed by atoms with van der Waals surface area (Å²) in [6.07, 6.45) is 2.82. The summed E-state index contributed by atoms with van der Waals surface area (Å²) >= 11 is 0. The summed E-state index contributed by atoms with van der Waals surface area (Å²) in [5.74, 6) is 3.29. The molecule has 30 heavy (non-hydrogen) atoms.